The lowest BCUT2D eigenvalue weighted by Crippen LogP contribution is -2.70. The minimum Gasteiger partial charge on any atom is -0.478 e. The van der Waals surface area contributed by atoms with Crippen LogP contribution >= 0.6 is 11.8 Å². The Hall–Kier alpha value is -1.78. The third-order valence-electron chi connectivity index (χ3n) is 2.75. The Labute approximate surface area is 116 Å². The van der Waals surface area contributed by atoms with Crippen LogP contribution in [0.4, 0.5) is 5.69 Å². The number of nitrogens with two attached hydrogens (primary N) is 1. The maximum Gasteiger partial charge on any atom is 0.335 e. The molecule has 0 saturated heterocycles. The van der Waals surface area contributed by atoms with Crippen molar-refractivity contribution in [3.8, 4) is 0 Å². The zero-order chi connectivity index (χ0) is 13.7. The van der Waals surface area contributed by atoms with Gasteiger partial charge in [-0.25, -0.2) is 4.79 Å². The van der Waals surface area contributed by atoms with Crippen LogP contribution in [0.2, 0.25) is 0 Å². The first kappa shape index (κ1) is 13.6. The average molecular weight is 273 g/mol. The zero-order valence-electron chi connectivity index (χ0n) is 10.4. The molecule has 2 aromatic rings. The van der Waals surface area contributed by atoms with Gasteiger partial charge in [0.2, 0.25) is 0 Å². The summed E-state index contributed by atoms with van der Waals surface area (Å²) in [5, 5.41) is 10.7. The van der Waals surface area contributed by atoms with E-state index in [-0.39, 0.29) is 0 Å². The van der Waals surface area contributed by atoms with Crippen LogP contribution in [0.3, 0.4) is 0 Å². The monoisotopic (exact) mass is 273 g/mol. The van der Waals surface area contributed by atoms with Crippen molar-refractivity contribution in [3.63, 3.8) is 0 Å². The molecular weight excluding hydrogens is 258 g/mol. The Balaban J connectivity index is 2.14. The summed E-state index contributed by atoms with van der Waals surface area (Å²) in [6.07, 6.45) is 0. The van der Waals surface area contributed by atoms with Crippen molar-refractivity contribution in [2.24, 2.45) is 0 Å². The molecule has 0 atom stereocenters. The van der Waals surface area contributed by atoms with E-state index in [2.05, 4.69) is 19.2 Å². The molecule has 3 N–H and O–H groups in total. The highest BCUT2D eigenvalue weighted by atomic mass is 32.2. The lowest BCUT2D eigenvalue weighted by Gasteiger charge is -2.09. The number of thioether (sulfide) groups is 1. The van der Waals surface area contributed by atoms with Crippen molar-refractivity contribution in [3.05, 3.63) is 66.7 Å². The van der Waals surface area contributed by atoms with E-state index in [1.807, 2.05) is 24.3 Å². The average Bonchev–Trinajstić information content (AvgIpc) is 2.45. The molecule has 0 aromatic heterocycles. The van der Waals surface area contributed by atoms with Gasteiger partial charge in [-0.1, -0.05) is 24.3 Å². The SMILES string of the molecule is [CH2-][NH2+]c1cc(C(=O)O)ccc1CSc1ccccc1. The standard InChI is InChI=1S/C15H15NO2S/c1-16-14-9-11(15(17)18)7-8-12(14)10-19-13-5-3-2-4-6-13/h2-9H,1,10,16H2,(H,17,18). The fourth-order valence-corrected chi connectivity index (χ4v) is 2.66. The Morgan fingerprint density at radius 2 is 1.95 bits per heavy atom. The molecule has 0 aliphatic carbocycles. The van der Waals surface area contributed by atoms with E-state index < -0.39 is 5.97 Å². The third kappa shape index (κ3) is 3.59. The van der Waals surface area contributed by atoms with Gasteiger partial charge in [-0.15, -0.1) is 18.8 Å². The molecule has 0 spiro atoms. The summed E-state index contributed by atoms with van der Waals surface area (Å²) in [6.45, 7) is 0. The lowest BCUT2D eigenvalue weighted by atomic mass is 10.1. The van der Waals surface area contributed by atoms with Crippen LogP contribution in [0.25, 0.3) is 0 Å². The van der Waals surface area contributed by atoms with Gasteiger partial charge in [0.15, 0.2) is 0 Å². The van der Waals surface area contributed by atoms with E-state index in [9.17, 15) is 4.79 Å². The van der Waals surface area contributed by atoms with E-state index in [1.165, 1.54) is 4.90 Å². The van der Waals surface area contributed by atoms with Crippen LogP contribution < -0.4 is 5.32 Å². The second-order valence-electron chi connectivity index (χ2n) is 4.02. The van der Waals surface area contributed by atoms with Crippen molar-refractivity contribution in [1.29, 1.82) is 0 Å². The highest BCUT2D eigenvalue weighted by molar-refractivity contribution is 7.98. The van der Waals surface area contributed by atoms with Crippen molar-refractivity contribution < 1.29 is 15.2 Å². The fraction of sp³-hybridized carbons (Fsp3) is 0.0667. The number of carboxylic acid groups (broad SMARTS) is 1. The molecule has 98 valence electrons. The van der Waals surface area contributed by atoms with Gasteiger partial charge in [-0.05, 0) is 18.2 Å². The molecule has 0 fully saturated rings. The molecule has 4 heteroatoms. The van der Waals surface area contributed by atoms with E-state index in [0.717, 1.165) is 17.0 Å². The minimum atomic E-state index is -0.912. The number of aromatic carboxylic acids is 1. The summed E-state index contributed by atoms with van der Waals surface area (Å²) < 4.78 is 0. The molecule has 0 bridgehead atoms. The Morgan fingerprint density at radius 1 is 1.21 bits per heavy atom. The van der Waals surface area contributed by atoms with E-state index in [1.54, 1.807) is 29.2 Å². The minimum absolute atomic E-state index is 0.295. The largest absolute Gasteiger partial charge is 0.478 e. The van der Waals surface area contributed by atoms with E-state index in [0.29, 0.717) is 5.56 Å². The second-order valence-corrected chi connectivity index (χ2v) is 5.07. The number of carbonyl (C=O) groups is 1. The van der Waals surface area contributed by atoms with Crippen molar-refractivity contribution >= 4 is 23.4 Å². The van der Waals surface area contributed by atoms with Gasteiger partial charge in [0.05, 0.1) is 5.56 Å². The molecule has 0 saturated carbocycles. The summed E-state index contributed by atoms with van der Waals surface area (Å²) in [5.74, 6) is -0.115. The molecule has 2 rings (SSSR count). The Morgan fingerprint density at radius 3 is 2.58 bits per heavy atom. The number of benzene rings is 2. The summed E-state index contributed by atoms with van der Waals surface area (Å²) >= 11 is 1.72. The molecular formula is C15H15NO2S. The quantitative estimate of drug-likeness (QED) is 0.500. The van der Waals surface area contributed by atoms with Gasteiger partial charge >= 0.3 is 5.97 Å². The van der Waals surface area contributed by atoms with Crippen LogP contribution in [0.15, 0.2) is 53.4 Å². The highest BCUT2D eigenvalue weighted by Gasteiger charge is 2.09. The molecule has 0 radical (unpaired) electrons. The summed E-state index contributed by atoms with van der Waals surface area (Å²) in [6, 6.07) is 15.3. The molecule has 3 nitrogen and oxygen atoms in total. The molecule has 0 heterocycles. The maximum absolute atomic E-state index is 10.9. The van der Waals surface area contributed by atoms with Gasteiger partial charge in [-0.2, -0.15) is 0 Å². The molecule has 19 heavy (non-hydrogen) atoms. The van der Waals surface area contributed by atoms with Crippen molar-refractivity contribution in [1.82, 2.24) is 0 Å². The van der Waals surface area contributed by atoms with Gasteiger partial charge < -0.3 is 10.4 Å². The van der Waals surface area contributed by atoms with Crippen LogP contribution in [0, 0.1) is 7.05 Å². The van der Waals surface area contributed by atoms with Crippen LogP contribution in [0.5, 0.6) is 0 Å². The highest BCUT2D eigenvalue weighted by Crippen LogP contribution is 2.25. The number of hydrogen-bond donors (Lipinski definition) is 2. The third-order valence-corrected chi connectivity index (χ3v) is 3.81. The zero-order valence-corrected chi connectivity index (χ0v) is 11.2. The van der Waals surface area contributed by atoms with Crippen LogP contribution in [-0.2, 0) is 5.75 Å². The number of hydrogen-bond acceptors (Lipinski definition) is 2. The lowest BCUT2D eigenvalue weighted by molar-refractivity contribution is -0.505. The van der Waals surface area contributed by atoms with Gasteiger partial charge in [0.1, 0.15) is 5.69 Å². The predicted octanol–water partition coefficient (Wildman–Crippen LogP) is 2.66. The Bertz CT molecular complexity index is 570. The summed E-state index contributed by atoms with van der Waals surface area (Å²) in [4.78, 5) is 12.1. The fourth-order valence-electron chi connectivity index (χ4n) is 1.73. The Kier molecular flexibility index (Phi) is 4.60. The summed E-state index contributed by atoms with van der Waals surface area (Å²) in [7, 11) is 3.74. The molecule has 0 unspecified atom stereocenters. The van der Waals surface area contributed by atoms with Crippen molar-refractivity contribution in [2.75, 3.05) is 0 Å². The molecule has 2 aromatic carbocycles. The first-order valence-electron chi connectivity index (χ1n) is 5.87. The number of carboxylic acids is 1. The first-order chi connectivity index (χ1) is 9.20. The molecule has 0 aliphatic rings. The summed E-state index contributed by atoms with van der Waals surface area (Å²) in [5.41, 5.74) is 2.26. The molecule has 0 aliphatic heterocycles. The normalized spacial score (nSPS) is 10.4. The van der Waals surface area contributed by atoms with Crippen LogP contribution in [0.1, 0.15) is 15.9 Å². The van der Waals surface area contributed by atoms with Gasteiger partial charge in [0, 0.05) is 22.3 Å². The molecule has 0 amide bonds. The first-order valence-corrected chi connectivity index (χ1v) is 6.86. The van der Waals surface area contributed by atoms with Gasteiger partial charge in [0.25, 0.3) is 0 Å². The van der Waals surface area contributed by atoms with Crippen LogP contribution in [-0.4, -0.2) is 11.1 Å². The predicted molar refractivity (Wildman–Crippen MR) is 76.3 cm³/mol. The number of rotatable bonds is 5. The second kappa shape index (κ2) is 6.41. The van der Waals surface area contributed by atoms with Gasteiger partial charge in [-0.3, -0.25) is 0 Å². The van der Waals surface area contributed by atoms with Crippen molar-refractivity contribution in [2.45, 2.75) is 10.6 Å². The topological polar surface area (TPSA) is 53.9 Å². The smallest absolute Gasteiger partial charge is 0.335 e. The van der Waals surface area contributed by atoms with E-state index >= 15 is 0 Å². The number of quaternary nitrogens is 1. The maximum atomic E-state index is 10.9. The van der Waals surface area contributed by atoms with E-state index in [4.69, 9.17) is 5.11 Å².